The highest BCUT2D eigenvalue weighted by Crippen LogP contribution is 2.38. The van der Waals surface area contributed by atoms with Gasteiger partial charge in [0.05, 0.1) is 26.2 Å². The normalized spacial score (nSPS) is 31.5. The van der Waals surface area contributed by atoms with Crippen molar-refractivity contribution in [3.05, 3.63) is 35.9 Å². The van der Waals surface area contributed by atoms with E-state index >= 15 is 0 Å². The van der Waals surface area contributed by atoms with Crippen LogP contribution in [0, 0.1) is 5.92 Å². The lowest BCUT2D eigenvalue weighted by molar-refractivity contribution is -0.155. The first-order valence-electron chi connectivity index (χ1n) is 9.69. The molecule has 0 bridgehead atoms. The quantitative estimate of drug-likeness (QED) is 0.741. The Hall–Kier alpha value is -1.96. The Morgan fingerprint density at radius 2 is 1.96 bits per heavy atom. The van der Waals surface area contributed by atoms with Gasteiger partial charge < -0.3 is 18.9 Å². The summed E-state index contributed by atoms with van der Waals surface area (Å²) in [6, 6.07) is 9.27. The first kappa shape index (κ1) is 20.8. The van der Waals surface area contributed by atoms with Crippen LogP contribution in [0.3, 0.4) is 0 Å². The van der Waals surface area contributed by atoms with Gasteiger partial charge in [-0.2, -0.15) is 0 Å². The maximum absolute atomic E-state index is 12.8. The molecule has 0 spiro atoms. The minimum atomic E-state index is -1.03. The summed E-state index contributed by atoms with van der Waals surface area (Å²) in [4.78, 5) is 25.6. The monoisotopic (exact) mass is 391 g/mol. The molecular formula is C21H29NO6. The summed E-state index contributed by atoms with van der Waals surface area (Å²) >= 11 is 0. The van der Waals surface area contributed by atoms with E-state index in [0.717, 1.165) is 5.56 Å². The van der Waals surface area contributed by atoms with Crippen LogP contribution in [0.2, 0.25) is 0 Å². The largest absolute Gasteiger partial charge is 0.468 e. The Balaban J connectivity index is 1.92. The lowest BCUT2D eigenvalue weighted by Crippen LogP contribution is -2.55. The molecule has 7 heteroatoms. The van der Waals surface area contributed by atoms with Crippen LogP contribution < -0.4 is 5.32 Å². The van der Waals surface area contributed by atoms with Crippen molar-refractivity contribution in [2.75, 3.05) is 20.3 Å². The van der Waals surface area contributed by atoms with Gasteiger partial charge in [-0.15, -0.1) is 0 Å². The van der Waals surface area contributed by atoms with Gasteiger partial charge in [0, 0.05) is 12.5 Å². The van der Waals surface area contributed by atoms with Crippen LogP contribution in [0.5, 0.6) is 0 Å². The van der Waals surface area contributed by atoms with E-state index in [1.54, 1.807) is 6.92 Å². The van der Waals surface area contributed by atoms with Crippen LogP contribution in [-0.2, 0) is 35.0 Å². The van der Waals surface area contributed by atoms with Gasteiger partial charge in [-0.05, 0) is 32.8 Å². The van der Waals surface area contributed by atoms with Crippen molar-refractivity contribution in [2.45, 2.75) is 57.1 Å². The fourth-order valence-electron chi connectivity index (χ4n) is 4.18. The molecular weight excluding hydrogens is 362 g/mol. The van der Waals surface area contributed by atoms with Crippen LogP contribution >= 0.6 is 0 Å². The molecule has 2 saturated heterocycles. The molecule has 0 aromatic heterocycles. The van der Waals surface area contributed by atoms with Crippen molar-refractivity contribution in [3.8, 4) is 0 Å². The number of ether oxygens (including phenoxy) is 4. The third kappa shape index (κ3) is 4.21. The number of carbonyl (C=O) groups is 2. The lowest BCUT2D eigenvalue weighted by Gasteiger charge is -2.29. The average Bonchev–Trinajstić information content (AvgIpc) is 3.23. The highest BCUT2D eigenvalue weighted by atomic mass is 16.7. The first-order chi connectivity index (χ1) is 13.3. The van der Waals surface area contributed by atoms with E-state index in [4.69, 9.17) is 18.9 Å². The van der Waals surface area contributed by atoms with Crippen LogP contribution in [0.25, 0.3) is 0 Å². The second-order valence-corrected chi connectivity index (χ2v) is 7.84. The average molecular weight is 391 g/mol. The Morgan fingerprint density at radius 3 is 2.54 bits per heavy atom. The van der Waals surface area contributed by atoms with Crippen molar-refractivity contribution in [2.24, 2.45) is 5.92 Å². The Bertz CT molecular complexity index is 706. The van der Waals surface area contributed by atoms with Gasteiger partial charge in [-0.25, -0.2) is 0 Å². The molecule has 2 fully saturated rings. The molecule has 3 rings (SSSR count). The Kier molecular flexibility index (Phi) is 6.07. The Labute approximate surface area is 165 Å². The predicted molar refractivity (Wildman–Crippen MR) is 101 cm³/mol. The van der Waals surface area contributed by atoms with E-state index in [0.29, 0.717) is 13.0 Å². The first-order valence-corrected chi connectivity index (χ1v) is 9.69. The number of carbonyl (C=O) groups excluding carboxylic acids is 2. The molecule has 28 heavy (non-hydrogen) atoms. The molecule has 0 unspecified atom stereocenters. The van der Waals surface area contributed by atoms with Crippen molar-refractivity contribution in [1.29, 1.82) is 0 Å². The minimum absolute atomic E-state index is 0.276. The number of esters is 2. The third-order valence-corrected chi connectivity index (χ3v) is 5.39. The summed E-state index contributed by atoms with van der Waals surface area (Å²) in [6.07, 6.45) is 0.314. The number of methoxy groups -OCH3 is 1. The molecule has 0 aliphatic carbocycles. The summed E-state index contributed by atoms with van der Waals surface area (Å²) in [5, 5.41) is 3.39. The van der Waals surface area contributed by atoms with Gasteiger partial charge in [0.15, 0.2) is 5.79 Å². The number of rotatable bonds is 6. The number of nitrogens with one attached hydrogen (secondary N) is 1. The number of hydrogen-bond donors (Lipinski definition) is 1. The maximum Gasteiger partial charge on any atom is 0.326 e. The molecule has 4 atom stereocenters. The van der Waals surface area contributed by atoms with Crippen molar-refractivity contribution >= 4 is 11.9 Å². The van der Waals surface area contributed by atoms with Crippen LogP contribution in [0.1, 0.15) is 32.8 Å². The van der Waals surface area contributed by atoms with E-state index in [1.165, 1.54) is 7.11 Å². The molecule has 0 radical (unpaired) electrons. The van der Waals surface area contributed by atoms with Crippen molar-refractivity contribution < 1.29 is 28.5 Å². The van der Waals surface area contributed by atoms with E-state index in [-0.39, 0.29) is 25.1 Å². The predicted octanol–water partition coefficient (Wildman–Crippen LogP) is 1.83. The van der Waals surface area contributed by atoms with Crippen LogP contribution in [0.4, 0.5) is 0 Å². The fourth-order valence-corrected chi connectivity index (χ4v) is 4.18. The van der Waals surface area contributed by atoms with Gasteiger partial charge in [0.2, 0.25) is 0 Å². The molecule has 0 saturated carbocycles. The van der Waals surface area contributed by atoms with Gasteiger partial charge in [0.25, 0.3) is 0 Å². The van der Waals surface area contributed by atoms with E-state index in [9.17, 15) is 9.59 Å². The standard InChI is InChI=1S/C21H29NO6/c1-5-26-18(23)15-12-21(19(24)25-4,11-14-9-7-6-8-10-14)22-17(15)16-13-27-20(2,3)28-16/h6-10,15-17,22H,5,11-13H2,1-4H3/t15-,16-,17-,21+/m1/s1. The highest BCUT2D eigenvalue weighted by molar-refractivity contribution is 5.85. The summed E-state index contributed by atoms with van der Waals surface area (Å²) < 4.78 is 22.1. The SMILES string of the molecule is CCOC(=O)[C@@H]1C[C@@](Cc2ccccc2)(C(=O)OC)N[C@H]1[C@H]1COC(C)(C)O1. The second-order valence-electron chi connectivity index (χ2n) is 7.84. The molecule has 1 N–H and O–H groups in total. The maximum atomic E-state index is 12.8. The molecule has 2 aliphatic rings. The molecule has 0 amide bonds. The van der Waals surface area contributed by atoms with Crippen molar-refractivity contribution in [1.82, 2.24) is 5.32 Å². The zero-order chi connectivity index (χ0) is 20.4. The summed E-state index contributed by atoms with van der Waals surface area (Å²) in [6.45, 7) is 6.05. The molecule has 1 aromatic carbocycles. The smallest absolute Gasteiger partial charge is 0.326 e. The van der Waals surface area contributed by atoms with Crippen molar-refractivity contribution in [3.63, 3.8) is 0 Å². The molecule has 154 valence electrons. The molecule has 1 aromatic rings. The van der Waals surface area contributed by atoms with Crippen LogP contribution in [-0.4, -0.2) is 55.7 Å². The van der Waals surface area contributed by atoms with E-state index < -0.39 is 29.3 Å². The third-order valence-electron chi connectivity index (χ3n) is 5.39. The van der Waals surface area contributed by atoms with Crippen LogP contribution in [0.15, 0.2) is 30.3 Å². The summed E-state index contributed by atoms with van der Waals surface area (Å²) in [7, 11) is 1.36. The molecule has 2 aliphatic heterocycles. The minimum Gasteiger partial charge on any atom is -0.468 e. The second kappa shape index (κ2) is 8.19. The number of benzene rings is 1. The summed E-state index contributed by atoms with van der Waals surface area (Å²) in [5.41, 5.74) is -0.0542. The van der Waals surface area contributed by atoms with Gasteiger partial charge in [-0.1, -0.05) is 30.3 Å². The number of hydrogen-bond acceptors (Lipinski definition) is 7. The van der Waals surface area contributed by atoms with Gasteiger partial charge >= 0.3 is 11.9 Å². The molecule has 2 heterocycles. The lowest BCUT2D eigenvalue weighted by atomic mass is 9.85. The Morgan fingerprint density at radius 1 is 1.25 bits per heavy atom. The highest BCUT2D eigenvalue weighted by Gasteiger charge is 2.57. The zero-order valence-corrected chi connectivity index (χ0v) is 16.9. The van der Waals surface area contributed by atoms with Gasteiger partial charge in [-0.3, -0.25) is 14.9 Å². The summed E-state index contributed by atoms with van der Waals surface area (Å²) in [5.74, 6) is -2.01. The van der Waals surface area contributed by atoms with E-state index in [2.05, 4.69) is 5.32 Å². The zero-order valence-electron chi connectivity index (χ0n) is 16.9. The molecule has 7 nitrogen and oxygen atoms in total. The fraction of sp³-hybridized carbons (Fsp3) is 0.619. The van der Waals surface area contributed by atoms with Gasteiger partial charge in [0.1, 0.15) is 11.6 Å². The topological polar surface area (TPSA) is 83.1 Å². The van der Waals surface area contributed by atoms with E-state index in [1.807, 2.05) is 44.2 Å².